The first-order valence-electron chi connectivity index (χ1n) is 12.1. The van der Waals surface area contributed by atoms with Crippen molar-refractivity contribution in [1.82, 2.24) is 0 Å². The van der Waals surface area contributed by atoms with Gasteiger partial charge >= 0.3 is 17.9 Å². The summed E-state index contributed by atoms with van der Waals surface area (Å²) >= 11 is 0. The van der Waals surface area contributed by atoms with Gasteiger partial charge in [0.1, 0.15) is 13.2 Å². The molecule has 6 nitrogen and oxygen atoms in total. The van der Waals surface area contributed by atoms with Gasteiger partial charge in [-0.1, -0.05) is 82.2 Å². The zero-order valence-electron chi connectivity index (χ0n) is 20.6. The maximum atomic E-state index is 12.1. The lowest BCUT2D eigenvalue weighted by atomic mass is 10.2. The summed E-state index contributed by atoms with van der Waals surface area (Å²) in [6, 6.07) is 0. The number of unbranched alkanes of at least 4 members (excludes halogenated alkanes) is 3. The molecule has 0 N–H and O–H groups in total. The zero-order chi connectivity index (χ0) is 24.6. The number of carbonyl (C=O) groups excluding carboxylic acids is 3. The maximum absolute atomic E-state index is 12.1. The molecule has 6 heteroatoms. The van der Waals surface area contributed by atoms with Crippen LogP contribution in [0.15, 0.2) is 48.6 Å². The number of hydrogen-bond acceptors (Lipinski definition) is 6. The Hall–Kier alpha value is -2.63. The highest BCUT2D eigenvalue weighted by molar-refractivity contribution is 5.72. The summed E-state index contributed by atoms with van der Waals surface area (Å²) in [5, 5.41) is 0. The predicted octanol–water partition coefficient (Wildman–Crippen LogP) is 6.17. The van der Waals surface area contributed by atoms with Gasteiger partial charge in [0.2, 0.25) is 0 Å². The summed E-state index contributed by atoms with van der Waals surface area (Å²) in [4.78, 5) is 35.5. The van der Waals surface area contributed by atoms with Crippen molar-refractivity contribution in [3.63, 3.8) is 0 Å². The van der Waals surface area contributed by atoms with E-state index in [0.29, 0.717) is 0 Å². The molecule has 186 valence electrons. The molecule has 0 aromatic rings. The van der Waals surface area contributed by atoms with Crippen molar-refractivity contribution in [2.45, 2.75) is 91.1 Å². The number of ether oxygens (including phenoxy) is 3. The molecule has 0 aliphatic carbocycles. The fraction of sp³-hybridized carbons (Fsp3) is 0.593. The van der Waals surface area contributed by atoms with E-state index in [2.05, 4.69) is 32.1 Å². The summed E-state index contributed by atoms with van der Waals surface area (Å²) in [5.41, 5.74) is 0. The topological polar surface area (TPSA) is 78.9 Å². The van der Waals surface area contributed by atoms with Crippen LogP contribution in [-0.4, -0.2) is 37.2 Å². The van der Waals surface area contributed by atoms with Gasteiger partial charge < -0.3 is 14.2 Å². The van der Waals surface area contributed by atoms with E-state index < -0.39 is 24.0 Å². The molecule has 0 saturated heterocycles. The van der Waals surface area contributed by atoms with Crippen LogP contribution >= 0.6 is 0 Å². The molecule has 0 radical (unpaired) electrons. The van der Waals surface area contributed by atoms with E-state index in [9.17, 15) is 14.4 Å². The van der Waals surface area contributed by atoms with Crippen LogP contribution < -0.4 is 0 Å². The monoisotopic (exact) mass is 462 g/mol. The van der Waals surface area contributed by atoms with Crippen LogP contribution in [0, 0.1) is 0 Å². The summed E-state index contributed by atoms with van der Waals surface area (Å²) in [6.07, 6.45) is 22.4. The van der Waals surface area contributed by atoms with Gasteiger partial charge in [-0.2, -0.15) is 0 Å². The molecule has 0 aliphatic rings. The second-order valence-electron chi connectivity index (χ2n) is 7.50. The van der Waals surface area contributed by atoms with Crippen LogP contribution in [0.5, 0.6) is 0 Å². The molecule has 0 heterocycles. The molecule has 0 aliphatic heterocycles. The van der Waals surface area contributed by atoms with E-state index in [4.69, 9.17) is 14.2 Å². The Morgan fingerprint density at radius 1 is 0.667 bits per heavy atom. The molecule has 1 atom stereocenters. The summed E-state index contributed by atoms with van der Waals surface area (Å²) in [5.74, 6) is -1.30. The Labute approximate surface area is 199 Å². The van der Waals surface area contributed by atoms with Crippen molar-refractivity contribution >= 4 is 17.9 Å². The van der Waals surface area contributed by atoms with E-state index in [1.165, 1.54) is 19.3 Å². The van der Waals surface area contributed by atoms with Gasteiger partial charge in [-0.15, -0.1) is 0 Å². The smallest absolute Gasteiger partial charge is 0.310 e. The van der Waals surface area contributed by atoms with Crippen LogP contribution in [-0.2, 0) is 28.6 Å². The number of carbonyl (C=O) groups is 3. The van der Waals surface area contributed by atoms with Crippen LogP contribution in [0.25, 0.3) is 0 Å². The third-order valence-electron chi connectivity index (χ3n) is 4.44. The molecule has 0 spiro atoms. The first-order valence-corrected chi connectivity index (χ1v) is 12.1. The van der Waals surface area contributed by atoms with Gasteiger partial charge in [0.25, 0.3) is 0 Å². The molecule has 1 unspecified atom stereocenters. The molecule has 33 heavy (non-hydrogen) atoms. The molecular weight excluding hydrogens is 420 g/mol. The third-order valence-corrected chi connectivity index (χ3v) is 4.44. The quantitative estimate of drug-likeness (QED) is 0.0988. The lowest BCUT2D eigenvalue weighted by Crippen LogP contribution is -2.30. The van der Waals surface area contributed by atoms with Gasteiger partial charge in [0.05, 0.1) is 12.8 Å². The minimum atomic E-state index is -0.833. The average Bonchev–Trinajstić information content (AvgIpc) is 2.81. The zero-order valence-corrected chi connectivity index (χ0v) is 20.6. The van der Waals surface area contributed by atoms with Crippen LogP contribution in [0.2, 0.25) is 0 Å². The highest BCUT2D eigenvalue weighted by Gasteiger charge is 2.18. The van der Waals surface area contributed by atoms with Crippen molar-refractivity contribution in [2.24, 2.45) is 0 Å². The second-order valence-corrected chi connectivity index (χ2v) is 7.50. The SMILES string of the molecule is CC/C=C\C/C=C\CC(=O)OC(COC(=O)CC)COC(=O)C/C=C\C/C=C\CCCCC. The highest BCUT2D eigenvalue weighted by atomic mass is 16.6. The number of rotatable bonds is 19. The first kappa shape index (κ1) is 30.4. The lowest BCUT2D eigenvalue weighted by Gasteiger charge is -2.17. The number of esters is 3. The van der Waals surface area contributed by atoms with E-state index in [1.54, 1.807) is 19.1 Å². The molecule has 0 rings (SSSR count). The first-order chi connectivity index (χ1) is 16.0. The Morgan fingerprint density at radius 2 is 1.24 bits per heavy atom. The molecule has 0 aromatic carbocycles. The minimum absolute atomic E-state index is 0.0981. The largest absolute Gasteiger partial charge is 0.462 e. The molecule has 0 bridgehead atoms. The Morgan fingerprint density at radius 3 is 1.85 bits per heavy atom. The van der Waals surface area contributed by atoms with Gasteiger partial charge in [0.15, 0.2) is 6.10 Å². The second kappa shape index (κ2) is 22.6. The van der Waals surface area contributed by atoms with Gasteiger partial charge in [0, 0.05) is 6.42 Å². The minimum Gasteiger partial charge on any atom is -0.462 e. The Kier molecular flexibility index (Phi) is 20.8. The molecule has 0 saturated carbocycles. The van der Waals surface area contributed by atoms with Crippen LogP contribution in [0.1, 0.15) is 85.0 Å². The average molecular weight is 463 g/mol. The van der Waals surface area contributed by atoms with Crippen molar-refractivity contribution in [3.05, 3.63) is 48.6 Å². The summed E-state index contributed by atoms with van der Waals surface area (Å²) < 4.78 is 15.6. The highest BCUT2D eigenvalue weighted by Crippen LogP contribution is 2.04. The van der Waals surface area contributed by atoms with Crippen molar-refractivity contribution in [3.8, 4) is 0 Å². The maximum Gasteiger partial charge on any atom is 0.310 e. The summed E-state index contributed by atoms with van der Waals surface area (Å²) in [7, 11) is 0. The fourth-order valence-electron chi connectivity index (χ4n) is 2.58. The molecule has 0 fully saturated rings. The van der Waals surface area contributed by atoms with Crippen molar-refractivity contribution in [2.75, 3.05) is 13.2 Å². The normalized spacial score (nSPS) is 12.7. The standard InChI is InChI=1S/C27H42O6/c1-4-7-9-11-13-14-15-17-18-20-26(29)32-23-24(22-31-25(28)6-3)33-27(30)21-19-16-12-10-8-5-2/h8,10,13-14,16-19,24H,4-7,9,11-12,15,20-23H2,1-3H3/b10-8-,14-13-,18-17-,19-16-. The van der Waals surface area contributed by atoms with Gasteiger partial charge in [-0.25, -0.2) is 0 Å². The van der Waals surface area contributed by atoms with E-state index in [0.717, 1.165) is 25.7 Å². The molecular formula is C27H42O6. The van der Waals surface area contributed by atoms with E-state index in [-0.39, 0.29) is 32.5 Å². The Bertz CT molecular complexity index is 645. The number of hydrogen-bond donors (Lipinski definition) is 0. The van der Waals surface area contributed by atoms with Crippen molar-refractivity contribution < 1.29 is 28.6 Å². The Balaban J connectivity index is 4.38. The third kappa shape index (κ3) is 21.0. The summed E-state index contributed by atoms with van der Waals surface area (Å²) in [6.45, 7) is 5.61. The lowest BCUT2D eigenvalue weighted by molar-refractivity contribution is -0.165. The fourth-order valence-corrected chi connectivity index (χ4v) is 2.58. The van der Waals surface area contributed by atoms with Crippen molar-refractivity contribution in [1.29, 1.82) is 0 Å². The predicted molar refractivity (Wildman–Crippen MR) is 132 cm³/mol. The van der Waals surface area contributed by atoms with Crippen LogP contribution in [0.4, 0.5) is 0 Å². The van der Waals surface area contributed by atoms with Gasteiger partial charge in [-0.05, 0) is 32.1 Å². The van der Waals surface area contributed by atoms with E-state index in [1.807, 2.05) is 18.2 Å². The molecule has 0 amide bonds. The van der Waals surface area contributed by atoms with Crippen LogP contribution in [0.3, 0.4) is 0 Å². The van der Waals surface area contributed by atoms with E-state index >= 15 is 0 Å². The van der Waals surface area contributed by atoms with Gasteiger partial charge in [-0.3, -0.25) is 14.4 Å². The number of allylic oxidation sites excluding steroid dienone is 6. The molecule has 0 aromatic heterocycles.